The molecule has 2 aromatic heterocycles. The first-order chi connectivity index (χ1) is 8.88. The third-order valence-electron chi connectivity index (χ3n) is 3.15. The summed E-state index contributed by atoms with van der Waals surface area (Å²) in [6, 6.07) is 0. The molecule has 94 valence electrons. The Morgan fingerprint density at radius 1 is 1.33 bits per heavy atom. The molecular weight excluding hydrogens is 228 g/mol. The second-order valence-electron chi connectivity index (χ2n) is 4.45. The van der Waals surface area contributed by atoms with E-state index in [-0.39, 0.29) is 0 Å². The second kappa shape index (κ2) is 4.81. The molecule has 0 bridgehead atoms. The summed E-state index contributed by atoms with van der Waals surface area (Å²) in [7, 11) is 0. The smallest absolute Gasteiger partial charge is 0.182 e. The highest BCUT2D eigenvalue weighted by Crippen LogP contribution is 2.20. The summed E-state index contributed by atoms with van der Waals surface area (Å²) >= 11 is 0. The van der Waals surface area contributed by atoms with E-state index < -0.39 is 0 Å². The van der Waals surface area contributed by atoms with Crippen LogP contribution in [0.25, 0.3) is 11.5 Å². The van der Waals surface area contributed by atoms with Gasteiger partial charge in [-0.05, 0) is 24.9 Å². The summed E-state index contributed by atoms with van der Waals surface area (Å²) in [6.45, 7) is 4.00. The van der Waals surface area contributed by atoms with Crippen molar-refractivity contribution in [2.24, 2.45) is 0 Å². The van der Waals surface area contributed by atoms with Crippen molar-refractivity contribution >= 4 is 0 Å². The van der Waals surface area contributed by atoms with Gasteiger partial charge in [0.2, 0.25) is 0 Å². The van der Waals surface area contributed by atoms with Crippen LogP contribution in [0.3, 0.4) is 0 Å². The molecule has 2 aromatic rings. The van der Waals surface area contributed by atoms with E-state index in [1.165, 1.54) is 11.3 Å². The first-order valence-corrected chi connectivity index (χ1v) is 6.34. The van der Waals surface area contributed by atoms with Crippen LogP contribution in [0.2, 0.25) is 0 Å². The Bertz CT molecular complexity index is 534. The van der Waals surface area contributed by atoms with E-state index in [2.05, 4.69) is 37.6 Å². The van der Waals surface area contributed by atoms with E-state index in [1.807, 2.05) is 0 Å². The Morgan fingerprint density at radius 2 is 2.28 bits per heavy atom. The minimum atomic E-state index is 0.676. The Morgan fingerprint density at radius 3 is 3.06 bits per heavy atom. The quantitative estimate of drug-likeness (QED) is 0.837. The summed E-state index contributed by atoms with van der Waals surface area (Å²) < 4.78 is 0. The molecule has 0 aromatic carbocycles. The minimum Gasteiger partial charge on any atom is -0.311 e. The summed E-state index contributed by atoms with van der Waals surface area (Å²) in [6.07, 6.45) is 4.77. The van der Waals surface area contributed by atoms with Crippen LogP contribution in [-0.4, -0.2) is 31.9 Å². The number of H-pyrrole nitrogens is 1. The van der Waals surface area contributed by atoms with Gasteiger partial charge in [0, 0.05) is 12.2 Å². The number of aromatic amines is 1. The third kappa shape index (κ3) is 1.99. The molecule has 0 unspecified atom stereocenters. The molecule has 3 heterocycles. The SMILES string of the molecule is CCCc1nc(-c2cn[nH]n2)nc2c1CCNC2. The van der Waals surface area contributed by atoms with Gasteiger partial charge < -0.3 is 5.32 Å². The summed E-state index contributed by atoms with van der Waals surface area (Å²) in [5.74, 6) is 0.676. The number of rotatable bonds is 3. The number of nitrogens with zero attached hydrogens (tertiary/aromatic N) is 4. The van der Waals surface area contributed by atoms with Gasteiger partial charge in [-0.3, -0.25) is 0 Å². The standard InChI is InChI=1S/C12H16N6/c1-2-3-9-8-4-5-13-6-10(8)16-12(15-9)11-7-14-18-17-11/h7,13H,2-6H2,1H3,(H,14,17,18). The van der Waals surface area contributed by atoms with E-state index in [9.17, 15) is 0 Å². The van der Waals surface area contributed by atoms with Gasteiger partial charge in [0.05, 0.1) is 11.9 Å². The summed E-state index contributed by atoms with van der Waals surface area (Å²) in [5.41, 5.74) is 4.31. The normalized spacial score (nSPS) is 14.5. The van der Waals surface area contributed by atoms with Crippen molar-refractivity contribution in [3.05, 3.63) is 23.1 Å². The van der Waals surface area contributed by atoms with Crippen molar-refractivity contribution in [3.8, 4) is 11.5 Å². The Balaban J connectivity index is 2.09. The zero-order valence-electron chi connectivity index (χ0n) is 10.4. The van der Waals surface area contributed by atoms with Crippen molar-refractivity contribution in [3.63, 3.8) is 0 Å². The van der Waals surface area contributed by atoms with Crippen molar-refractivity contribution in [2.75, 3.05) is 6.54 Å². The van der Waals surface area contributed by atoms with E-state index >= 15 is 0 Å². The van der Waals surface area contributed by atoms with Gasteiger partial charge in [0.25, 0.3) is 0 Å². The van der Waals surface area contributed by atoms with Gasteiger partial charge in [-0.1, -0.05) is 13.3 Å². The van der Waals surface area contributed by atoms with Gasteiger partial charge in [0.1, 0.15) is 5.69 Å². The lowest BCUT2D eigenvalue weighted by atomic mass is 10.0. The molecule has 0 radical (unpaired) electrons. The molecule has 0 amide bonds. The van der Waals surface area contributed by atoms with Crippen LogP contribution in [0.5, 0.6) is 0 Å². The number of aromatic nitrogens is 5. The summed E-state index contributed by atoms with van der Waals surface area (Å²) in [5, 5.41) is 13.8. The highest BCUT2D eigenvalue weighted by molar-refractivity contribution is 5.48. The first-order valence-electron chi connectivity index (χ1n) is 6.34. The van der Waals surface area contributed by atoms with Crippen LogP contribution in [-0.2, 0) is 19.4 Å². The van der Waals surface area contributed by atoms with Gasteiger partial charge in [-0.25, -0.2) is 9.97 Å². The molecule has 0 saturated heterocycles. The zero-order valence-corrected chi connectivity index (χ0v) is 10.4. The molecule has 6 nitrogen and oxygen atoms in total. The average molecular weight is 244 g/mol. The predicted octanol–water partition coefficient (Wildman–Crippen LogP) is 0.860. The number of aryl methyl sites for hydroxylation is 1. The Hall–Kier alpha value is -1.82. The fourth-order valence-corrected chi connectivity index (χ4v) is 2.30. The first kappa shape index (κ1) is 11.3. The number of fused-ring (bicyclic) bond motifs is 1. The van der Waals surface area contributed by atoms with Crippen LogP contribution < -0.4 is 5.32 Å². The van der Waals surface area contributed by atoms with Crippen molar-refractivity contribution in [1.82, 2.24) is 30.7 Å². The monoisotopic (exact) mass is 244 g/mol. The lowest BCUT2D eigenvalue weighted by molar-refractivity contribution is 0.614. The summed E-state index contributed by atoms with van der Waals surface area (Å²) in [4.78, 5) is 9.26. The zero-order chi connectivity index (χ0) is 12.4. The van der Waals surface area contributed by atoms with Crippen LogP contribution in [0.15, 0.2) is 6.20 Å². The van der Waals surface area contributed by atoms with Crippen molar-refractivity contribution < 1.29 is 0 Å². The minimum absolute atomic E-state index is 0.676. The van der Waals surface area contributed by atoms with Gasteiger partial charge >= 0.3 is 0 Å². The molecule has 0 spiro atoms. The van der Waals surface area contributed by atoms with Crippen LogP contribution in [0.1, 0.15) is 30.3 Å². The van der Waals surface area contributed by atoms with Gasteiger partial charge in [-0.15, -0.1) is 0 Å². The lowest BCUT2D eigenvalue weighted by Crippen LogP contribution is -2.26. The lowest BCUT2D eigenvalue weighted by Gasteiger charge is -2.19. The molecule has 0 atom stereocenters. The molecule has 18 heavy (non-hydrogen) atoms. The molecule has 1 aliphatic heterocycles. The van der Waals surface area contributed by atoms with Crippen molar-refractivity contribution in [1.29, 1.82) is 0 Å². The maximum absolute atomic E-state index is 4.66. The fraction of sp³-hybridized carbons (Fsp3) is 0.500. The Kier molecular flexibility index (Phi) is 3.02. The maximum Gasteiger partial charge on any atom is 0.182 e. The van der Waals surface area contributed by atoms with E-state index in [0.717, 1.165) is 38.0 Å². The number of nitrogens with one attached hydrogen (secondary N) is 2. The molecular formula is C12H16N6. The largest absolute Gasteiger partial charge is 0.311 e. The van der Waals surface area contributed by atoms with Crippen LogP contribution >= 0.6 is 0 Å². The van der Waals surface area contributed by atoms with E-state index in [0.29, 0.717) is 11.5 Å². The molecule has 1 aliphatic rings. The number of hydrogen-bond donors (Lipinski definition) is 2. The highest BCUT2D eigenvalue weighted by atomic mass is 15.3. The molecule has 0 aliphatic carbocycles. The average Bonchev–Trinajstić information content (AvgIpc) is 2.93. The molecule has 0 fully saturated rings. The highest BCUT2D eigenvalue weighted by Gasteiger charge is 2.18. The Labute approximate surface area is 105 Å². The topological polar surface area (TPSA) is 79.4 Å². The van der Waals surface area contributed by atoms with Crippen LogP contribution in [0, 0.1) is 0 Å². The fourth-order valence-electron chi connectivity index (χ4n) is 2.30. The van der Waals surface area contributed by atoms with E-state index in [4.69, 9.17) is 0 Å². The molecule has 2 N–H and O–H groups in total. The van der Waals surface area contributed by atoms with Gasteiger partial charge in [0.15, 0.2) is 5.82 Å². The van der Waals surface area contributed by atoms with Crippen LogP contribution in [0.4, 0.5) is 0 Å². The van der Waals surface area contributed by atoms with E-state index in [1.54, 1.807) is 6.20 Å². The van der Waals surface area contributed by atoms with Gasteiger partial charge in [-0.2, -0.15) is 15.4 Å². The number of hydrogen-bond acceptors (Lipinski definition) is 5. The maximum atomic E-state index is 4.66. The predicted molar refractivity (Wildman–Crippen MR) is 66.8 cm³/mol. The molecule has 3 rings (SSSR count). The molecule has 6 heteroatoms. The third-order valence-corrected chi connectivity index (χ3v) is 3.15. The molecule has 0 saturated carbocycles. The second-order valence-corrected chi connectivity index (χ2v) is 4.45. The van der Waals surface area contributed by atoms with Crippen molar-refractivity contribution in [2.45, 2.75) is 32.7 Å².